The average molecular weight is 401 g/mol. The number of amides is 3. The van der Waals surface area contributed by atoms with Crippen molar-refractivity contribution in [2.75, 3.05) is 20.1 Å². The molecule has 0 aliphatic carbocycles. The van der Waals surface area contributed by atoms with Gasteiger partial charge in [-0.15, -0.1) is 10.2 Å². The second-order valence-corrected chi connectivity index (χ2v) is 7.25. The Morgan fingerprint density at radius 2 is 2.10 bits per heavy atom. The van der Waals surface area contributed by atoms with Crippen molar-refractivity contribution in [3.8, 4) is 0 Å². The summed E-state index contributed by atoms with van der Waals surface area (Å²) in [6, 6.07) is 9.24. The summed E-state index contributed by atoms with van der Waals surface area (Å²) in [5.41, 5.74) is 1.00. The van der Waals surface area contributed by atoms with Crippen molar-refractivity contribution in [3.05, 3.63) is 47.7 Å². The number of carboxylic acid groups (broad SMARTS) is 1. The summed E-state index contributed by atoms with van der Waals surface area (Å²) in [5, 5.41) is 18.5. The number of hydrogen-bond acceptors (Lipinski definition) is 6. The number of hydrogen-bond donors (Lipinski definition) is 1. The average Bonchev–Trinajstić information content (AvgIpc) is 3.29. The minimum atomic E-state index is -1.01. The highest BCUT2D eigenvalue weighted by atomic mass is 16.7. The molecule has 29 heavy (non-hydrogen) atoms. The van der Waals surface area contributed by atoms with Gasteiger partial charge in [-0.3, -0.25) is 4.84 Å². The van der Waals surface area contributed by atoms with Gasteiger partial charge in [0.2, 0.25) is 11.8 Å². The van der Waals surface area contributed by atoms with Crippen LogP contribution in [0.5, 0.6) is 0 Å². The van der Waals surface area contributed by atoms with E-state index in [2.05, 4.69) is 10.2 Å². The van der Waals surface area contributed by atoms with Crippen LogP contribution in [0.15, 0.2) is 34.7 Å². The number of urea groups is 1. The van der Waals surface area contributed by atoms with Gasteiger partial charge in [-0.05, 0) is 18.4 Å². The van der Waals surface area contributed by atoms with Gasteiger partial charge < -0.3 is 19.3 Å². The van der Waals surface area contributed by atoms with Crippen LogP contribution < -0.4 is 0 Å². The fraction of sp³-hybridized carbons (Fsp3) is 0.474. The van der Waals surface area contributed by atoms with Gasteiger partial charge in [0.05, 0.1) is 6.04 Å². The Morgan fingerprint density at radius 1 is 1.31 bits per heavy atom. The van der Waals surface area contributed by atoms with Gasteiger partial charge in [0.1, 0.15) is 12.6 Å². The normalized spacial score (nSPS) is 20.9. The number of aromatic nitrogens is 2. The molecule has 4 rings (SSSR count). The third-order valence-electron chi connectivity index (χ3n) is 5.29. The van der Waals surface area contributed by atoms with Crippen molar-refractivity contribution in [1.82, 2.24) is 25.1 Å². The summed E-state index contributed by atoms with van der Waals surface area (Å²) >= 11 is 0. The Labute approximate surface area is 167 Å². The molecule has 0 saturated carbocycles. The molecule has 3 amide bonds. The van der Waals surface area contributed by atoms with Crippen LogP contribution in [0, 0.1) is 0 Å². The highest BCUT2D eigenvalue weighted by molar-refractivity contribution is 5.77. The molecule has 2 aliphatic heterocycles. The van der Waals surface area contributed by atoms with Crippen molar-refractivity contribution in [2.45, 2.75) is 38.0 Å². The van der Waals surface area contributed by atoms with E-state index in [9.17, 15) is 9.59 Å². The number of carbonyl (C=O) groups excluding carboxylic acids is 1. The summed E-state index contributed by atoms with van der Waals surface area (Å²) in [7, 11) is 1.48. The maximum Gasteiger partial charge on any atom is 0.407 e. The number of benzene rings is 1. The fourth-order valence-electron chi connectivity index (χ4n) is 3.63. The smallest absolute Gasteiger partial charge is 0.407 e. The second kappa shape index (κ2) is 8.08. The Hall–Kier alpha value is -3.14. The maximum atomic E-state index is 12.9. The van der Waals surface area contributed by atoms with Crippen LogP contribution in [-0.2, 0) is 17.9 Å². The van der Waals surface area contributed by atoms with Crippen molar-refractivity contribution >= 4 is 12.1 Å². The van der Waals surface area contributed by atoms with Gasteiger partial charge in [0.25, 0.3) is 0 Å². The lowest BCUT2D eigenvalue weighted by molar-refractivity contribution is -0.140. The Balaban J connectivity index is 1.38. The lowest BCUT2D eigenvalue weighted by Crippen LogP contribution is -2.34. The van der Waals surface area contributed by atoms with E-state index in [0.717, 1.165) is 16.9 Å². The van der Waals surface area contributed by atoms with E-state index < -0.39 is 6.09 Å². The standard InChI is InChI=1S/C19H23N5O5/c1-22(19(26)27)10-9-16-20-21-17(29-16)15-8-7-14-11-23(15)18(25)24(14)28-12-13-5-3-2-4-6-13/h2-6,14-15H,7-12H2,1H3,(H,26,27)/t14-,15+/m1/s1. The third kappa shape index (κ3) is 4.02. The predicted octanol–water partition coefficient (Wildman–Crippen LogP) is 2.29. The summed E-state index contributed by atoms with van der Waals surface area (Å²) in [4.78, 5) is 32.4. The second-order valence-electron chi connectivity index (χ2n) is 7.25. The van der Waals surface area contributed by atoms with Gasteiger partial charge in [-0.25, -0.2) is 9.59 Å². The molecule has 2 fully saturated rings. The number of fused-ring (bicyclic) bond motifs is 2. The van der Waals surface area contributed by atoms with Crippen molar-refractivity contribution in [1.29, 1.82) is 0 Å². The van der Waals surface area contributed by atoms with Crippen LogP contribution >= 0.6 is 0 Å². The number of piperidine rings is 1. The molecule has 1 aromatic heterocycles. The zero-order chi connectivity index (χ0) is 20.4. The third-order valence-corrected chi connectivity index (χ3v) is 5.29. The van der Waals surface area contributed by atoms with Gasteiger partial charge in [0.15, 0.2) is 0 Å². The first kappa shape index (κ1) is 19.2. The Morgan fingerprint density at radius 3 is 2.86 bits per heavy atom. The van der Waals surface area contributed by atoms with Crippen molar-refractivity contribution in [2.24, 2.45) is 0 Å². The molecule has 10 heteroatoms. The summed E-state index contributed by atoms with van der Waals surface area (Å²) in [6.45, 7) is 1.15. The van der Waals surface area contributed by atoms with E-state index in [-0.39, 0.29) is 24.7 Å². The van der Waals surface area contributed by atoms with E-state index in [1.54, 1.807) is 4.90 Å². The molecule has 2 atom stereocenters. The molecule has 0 spiro atoms. The molecule has 0 unspecified atom stereocenters. The molecule has 1 aromatic carbocycles. The Kier molecular flexibility index (Phi) is 5.34. The zero-order valence-corrected chi connectivity index (χ0v) is 16.1. The summed E-state index contributed by atoms with van der Waals surface area (Å²) in [6.07, 6.45) is 0.798. The number of rotatable bonds is 7. The van der Waals surface area contributed by atoms with Crippen LogP contribution in [0.3, 0.4) is 0 Å². The molecule has 2 aliphatic rings. The van der Waals surface area contributed by atoms with E-state index >= 15 is 0 Å². The highest BCUT2D eigenvalue weighted by Gasteiger charge is 2.47. The molecule has 2 aromatic rings. The molecule has 2 bridgehead atoms. The predicted molar refractivity (Wildman–Crippen MR) is 99.6 cm³/mol. The van der Waals surface area contributed by atoms with E-state index in [1.807, 2.05) is 30.3 Å². The number of nitrogens with zero attached hydrogens (tertiary/aromatic N) is 5. The molecule has 1 N–H and O–H groups in total. The largest absolute Gasteiger partial charge is 0.465 e. The highest BCUT2D eigenvalue weighted by Crippen LogP contribution is 2.38. The molecular weight excluding hydrogens is 378 g/mol. The lowest BCUT2D eigenvalue weighted by atomic mass is 10.0. The first-order valence-electron chi connectivity index (χ1n) is 9.56. The van der Waals surface area contributed by atoms with Gasteiger partial charge in [0, 0.05) is 26.6 Å². The number of carbonyl (C=O) groups is 2. The molecule has 3 heterocycles. The van der Waals surface area contributed by atoms with Gasteiger partial charge in [-0.1, -0.05) is 30.3 Å². The lowest BCUT2D eigenvalue weighted by Gasteiger charge is -2.27. The van der Waals surface area contributed by atoms with Crippen molar-refractivity contribution in [3.63, 3.8) is 0 Å². The van der Waals surface area contributed by atoms with Crippen molar-refractivity contribution < 1.29 is 24.0 Å². The van der Waals surface area contributed by atoms with Gasteiger partial charge >= 0.3 is 12.1 Å². The molecule has 2 saturated heterocycles. The summed E-state index contributed by atoms with van der Waals surface area (Å²) in [5.74, 6) is 0.744. The minimum Gasteiger partial charge on any atom is -0.465 e. The molecule has 154 valence electrons. The van der Waals surface area contributed by atoms with Crippen LogP contribution in [-0.4, -0.2) is 68.5 Å². The van der Waals surface area contributed by atoms with Crippen LogP contribution in [0.1, 0.15) is 36.2 Å². The monoisotopic (exact) mass is 401 g/mol. The van der Waals surface area contributed by atoms with E-state index in [0.29, 0.717) is 37.8 Å². The number of likely N-dealkylation sites (N-methyl/N-ethyl adjacent to an activating group) is 1. The Bertz CT molecular complexity index is 873. The topological polar surface area (TPSA) is 112 Å². The van der Waals surface area contributed by atoms with Crippen LogP contribution in [0.2, 0.25) is 0 Å². The van der Waals surface area contributed by atoms with E-state index in [1.165, 1.54) is 12.1 Å². The fourth-order valence-corrected chi connectivity index (χ4v) is 3.63. The first-order chi connectivity index (χ1) is 14.0. The molecule has 10 nitrogen and oxygen atoms in total. The quantitative estimate of drug-likeness (QED) is 0.757. The molecule has 0 radical (unpaired) electrons. The van der Waals surface area contributed by atoms with Crippen LogP contribution in [0.4, 0.5) is 9.59 Å². The zero-order valence-electron chi connectivity index (χ0n) is 16.1. The SMILES string of the molecule is CN(CCc1nnc([C@@H]2CC[C@@H]3CN2C(=O)N3OCc2ccccc2)o1)C(=O)O. The summed E-state index contributed by atoms with van der Waals surface area (Å²) < 4.78 is 5.72. The van der Waals surface area contributed by atoms with E-state index in [4.69, 9.17) is 14.4 Å². The molecular formula is C19H23N5O5. The van der Waals surface area contributed by atoms with Gasteiger partial charge in [-0.2, -0.15) is 5.06 Å². The van der Waals surface area contributed by atoms with Crippen LogP contribution in [0.25, 0.3) is 0 Å². The maximum absolute atomic E-state index is 12.9. The first-order valence-corrected chi connectivity index (χ1v) is 9.56. The number of hydroxylamine groups is 2. The minimum absolute atomic E-state index is 0.00840.